The van der Waals surface area contributed by atoms with Crippen molar-refractivity contribution in [1.29, 1.82) is 0 Å². The Morgan fingerprint density at radius 3 is 2.45 bits per heavy atom. The van der Waals surface area contributed by atoms with Crippen LogP contribution in [0.4, 0.5) is 5.69 Å². The van der Waals surface area contributed by atoms with Gasteiger partial charge in [0.15, 0.2) is 9.84 Å². The van der Waals surface area contributed by atoms with Gasteiger partial charge in [-0.1, -0.05) is 31.2 Å². The molecule has 1 unspecified atom stereocenters. The van der Waals surface area contributed by atoms with Crippen LogP contribution in [0.25, 0.3) is 0 Å². The van der Waals surface area contributed by atoms with Gasteiger partial charge in [0.05, 0.1) is 29.7 Å². The summed E-state index contributed by atoms with van der Waals surface area (Å²) in [5, 5.41) is 8.78. The number of anilines is 1. The zero-order chi connectivity index (χ0) is 23.6. The average Bonchev–Trinajstić information content (AvgIpc) is 3.32. The molecule has 0 aliphatic carbocycles. The van der Waals surface area contributed by atoms with Crippen LogP contribution in [-0.4, -0.2) is 47.2 Å². The quantitative estimate of drug-likeness (QED) is 0.579. The molecule has 33 heavy (non-hydrogen) atoms. The first-order chi connectivity index (χ1) is 15.7. The van der Waals surface area contributed by atoms with E-state index in [0.717, 1.165) is 23.1 Å². The number of imidazole rings is 1. The van der Waals surface area contributed by atoms with Crippen LogP contribution in [0, 0.1) is 5.92 Å². The van der Waals surface area contributed by atoms with Gasteiger partial charge in [-0.3, -0.25) is 9.59 Å². The van der Waals surface area contributed by atoms with Crippen molar-refractivity contribution in [3.05, 3.63) is 77.9 Å². The molecule has 1 atom stereocenters. The summed E-state index contributed by atoms with van der Waals surface area (Å²) in [6, 6.07) is 13.7. The zero-order valence-corrected chi connectivity index (χ0v) is 19.0. The summed E-state index contributed by atoms with van der Waals surface area (Å²) in [6.45, 7) is 2.21. The Morgan fingerprint density at radius 1 is 1.15 bits per heavy atom. The van der Waals surface area contributed by atoms with Gasteiger partial charge in [-0.15, -0.1) is 0 Å². The fourth-order valence-corrected chi connectivity index (χ4v) is 4.16. The van der Waals surface area contributed by atoms with Gasteiger partial charge in [0.1, 0.15) is 5.69 Å². The largest absolute Gasteiger partial charge is 0.341 e. The number of hydrogen-bond donors (Lipinski definition) is 2. The van der Waals surface area contributed by atoms with Gasteiger partial charge < -0.3 is 10.3 Å². The maximum Gasteiger partial charge on any atom is 0.273 e. The van der Waals surface area contributed by atoms with E-state index in [9.17, 15) is 18.0 Å². The van der Waals surface area contributed by atoms with Crippen molar-refractivity contribution in [1.82, 2.24) is 15.0 Å². The predicted molar refractivity (Wildman–Crippen MR) is 123 cm³/mol. The Bertz CT molecular complexity index is 1300. The summed E-state index contributed by atoms with van der Waals surface area (Å²) >= 11 is 0. The van der Waals surface area contributed by atoms with Crippen LogP contribution in [0.1, 0.15) is 35.0 Å². The molecule has 0 spiro atoms. The molecule has 4 rings (SSSR count). The molecule has 2 N–H and O–H groups in total. The third kappa shape index (κ3) is 5.17. The lowest BCUT2D eigenvalue weighted by Crippen LogP contribution is -2.35. The highest BCUT2D eigenvalue weighted by atomic mass is 32.2. The van der Waals surface area contributed by atoms with E-state index in [4.69, 9.17) is 0 Å². The van der Waals surface area contributed by atoms with E-state index < -0.39 is 9.84 Å². The van der Waals surface area contributed by atoms with Crippen LogP contribution in [0.3, 0.4) is 0 Å². The topological polar surface area (TPSA) is 125 Å². The number of carbonyl (C=O) groups is 2. The number of sulfone groups is 1. The van der Waals surface area contributed by atoms with Crippen molar-refractivity contribution in [3.8, 4) is 0 Å². The lowest BCUT2D eigenvalue weighted by atomic mass is 9.94. The lowest BCUT2D eigenvalue weighted by molar-refractivity contribution is -0.133. The Labute approximate surface area is 191 Å². The number of rotatable bonds is 6. The van der Waals surface area contributed by atoms with Gasteiger partial charge in [-0.25, -0.2) is 18.4 Å². The molecule has 0 fully saturated rings. The van der Waals surface area contributed by atoms with E-state index in [1.54, 1.807) is 36.4 Å². The lowest BCUT2D eigenvalue weighted by Gasteiger charge is -2.28. The monoisotopic (exact) mass is 465 g/mol. The molecule has 2 aromatic carbocycles. The Kier molecular flexibility index (Phi) is 6.10. The van der Waals surface area contributed by atoms with E-state index in [-0.39, 0.29) is 29.2 Å². The second-order valence-corrected chi connectivity index (χ2v) is 9.97. The summed E-state index contributed by atoms with van der Waals surface area (Å²) < 4.78 is 23.4. The van der Waals surface area contributed by atoms with Crippen molar-refractivity contribution >= 4 is 33.1 Å². The number of carbonyl (C=O) groups excluding carboxylic acids is 2. The van der Waals surface area contributed by atoms with Crippen LogP contribution in [0.2, 0.25) is 0 Å². The normalized spacial score (nSPS) is 16.4. The molecule has 0 saturated carbocycles. The SMILES string of the molecule is CC1CC(=O)N(Cc2ccc(NC(=O)c3cnc[nH]3)cc2)N=C1c1ccc(S(C)(=O)=O)cc1. The van der Waals surface area contributed by atoms with Gasteiger partial charge in [-0.05, 0) is 35.4 Å². The predicted octanol–water partition coefficient (Wildman–Crippen LogP) is 2.84. The molecule has 2 amide bonds. The highest BCUT2D eigenvalue weighted by Crippen LogP contribution is 2.24. The van der Waals surface area contributed by atoms with Gasteiger partial charge in [0, 0.05) is 24.3 Å². The fraction of sp³-hybridized carbons (Fsp3) is 0.217. The number of nitrogens with zero attached hydrogens (tertiary/aromatic N) is 3. The minimum atomic E-state index is -3.28. The standard InChI is InChI=1S/C23H23N5O4S/c1-15-11-21(29)28(27-22(15)17-5-9-19(10-6-17)33(2,31)32)13-16-3-7-18(8-4-16)26-23(30)20-12-24-14-25-20/h3-10,12,14-15H,11,13H2,1-2H3,(H,24,25)(H,26,30). The molecule has 0 radical (unpaired) electrons. The summed E-state index contributed by atoms with van der Waals surface area (Å²) in [6.07, 6.45) is 4.35. The molecular weight excluding hydrogens is 442 g/mol. The molecule has 170 valence electrons. The number of nitrogens with one attached hydrogen (secondary N) is 2. The number of benzene rings is 2. The van der Waals surface area contributed by atoms with E-state index >= 15 is 0 Å². The summed E-state index contributed by atoms with van der Waals surface area (Å²) in [7, 11) is -3.28. The van der Waals surface area contributed by atoms with Gasteiger partial charge >= 0.3 is 0 Å². The van der Waals surface area contributed by atoms with Gasteiger partial charge in [0.25, 0.3) is 5.91 Å². The van der Waals surface area contributed by atoms with Crippen molar-refractivity contribution in [2.24, 2.45) is 11.0 Å². The van der Waals surface area contributed by atoms with E-state index in [2.05, 4.69) is 20.4 Å². The maximum atomic E-state index is 12.6. The first-order valence-electron chi connectivity index (χ1n) is 10.3. The molecule has 10 heteroatoms. The molecule has 3 aromatic rings. The molecule has 1 aromatic heterocycles. The Balaban J connectivity index is 1.49. The summed E-state index contributed by atoms with van der Waals surface area (Å²) in [5.74, 6) is -0.467. The molecule has 1 aliphatic heterocycles. The average molecular weight is 466 g/mol. The van der Waals surface area contributed by atoms with Crippen LogP contribution >= 0.6 is 0 Å². The van der Waals surface area contributed by atoms with Gasteiger partial charge in [0.2, 0.25) is 5.91 Å². The summed E-state index contributed by atoms with van der Waals surface area (Å²) in [5.41, 5.74) is 3.35. The third-order valence-corrected chi connectivity index (χ3v) is 6.46. The zero-order valence-electron chi connectivity index (χ0n) is 18.1. The van der Waals surface area contributed by atoms with Gasteiger partial charge in [-0.2, -0.15) is 5.10 Å². The third-order valence-electron chi connectivity index (χ3n) is 5.33. The molecular formula is C23H23N5O4S. The Hall–Kier alpha value is -3.79. The van der Waals surface area contributed by atoms with E-state index in [1.807, 2.05) is 19.1 Å². The minimum absolute atomic E-state index is 0.0853. The van der Waals surface area contributed by atoms with E-state index in [1.165, 1.54) is 17.5 Å². The number of hydrazone groups is 1. The molecule has 9 nitrogen and oxygen atoms in total. The first kappa shape index (κ1) is 22.4. The number of aromatic amines is 1. The number of amides is 2. The van der Waals surface area contributed by atoms with Crippen LogP contribution in [0.5, 0.6) is 0 Å². The first-order valence-corrected chi connectivity index (χ1v) is 12.2. The molecule has 0 saturated heterocycles. The fourth-order valence-electron chi connectivity index (χ4n) is 3.53. The highest BCUT2D eigenvalue weighted by Gasteiger charge is 2.27. The minimum Gasteiger partial charge on any atom is -0.341 e. The van der Waals surface area contributed by atoms with Crippen LogP contribution < -0.4 is 5.32 Å². The van der Waals surface area contributed by atoms with Crippen molar-refractivity contribution < 1.29 is 18.0 Å². The molecule has 0 bridgehead atoms. The van der Waals surface area contributed by atoms with Crippen LogP contribution in [-0.2, 0) is 21.2 Å². The van der Waals surface area contributed by atoms with Crippen molar-refractivity contribution in [3.63, 3.8) is 0 Å². The smallest absolute Gasteiger partial charge is 0.273 e. The maximum absolute atomic E-state index is 12.6. The van der Waals surface area contributed by atoms with Crippen molar-refractivity contribution in [2.45, 2.75) is 24.8 Å². The summed E-state index contributed by atoms with van der Waals surface area (Å²) in [4.78, 5) is 31.5. The van der Waals surface area contributed by atoms with Crippen LogP contribution in [0.15, 0.2) is 71.1 Å². The van der Waals surface area contributed by atoms with E-state index in [0.29, 0.717) is 17.8 Å². The molecule has 2 heterocycles. The second-order valence-electron chi connectivity index (χ2n) is 7.95. The Morgan fingerprint density at radius 2 is 1.85 bits per heavy atom. The number of hydrogen-bond acceptors (Lipinski definition) is 6. The highest BCUT2D eigenvalue weighted by molar-refractivity contribution is 7.90. The van der Waals surface area contributed by atoms with Crippen molar-refractivity contribution in [2.75, 3.05) is 11.6 Å². The number of H-pyrrole nitrogens is 1. The number of aromatic nitrogens is 2. The molecule has 1 aliphatic rings. The second kappa shape index (κ2) is 8.99.